The van der Waals surface area contributed by atoms with Crippen molar-refractivity contribution in [3.8, 4) is 0 Å². The van der Waals surface area contributed by atoms with E-state index in [2.05, 4.69) is 80.5 Å². The average molecular weight is 386 g/mol. The molecule has 0 bridgehead atoms. The van der Waals surface area contributed by atoms with Crippen LogP contribution in [0.25, 0.3) is 0 Å². The molecule has 0 radical (unpaired) electrons. The normalized spacial score (nSPS) is 21.3. The summed E-state index contributed by atoms with van der Waals surface area (Å²) in [4.78, 5) is 7.95. The van der Waals surface area contributed by atoms with Crippen LogP contribution in [0.4, 0.5) is 5.69 Å². The van der Waals surface area contributed by atoms with Gasteiger partial charge in [0.25, 0.3) is 0 Å². The number of hydrogen-bond acceptors (Lipinski definition) is 3. The zero-order valence-corrected chi connectivity index (χ0v) is 19.3. The second-order valence-corrected chi connectivity index (χ2v) is 11.4. The molecule has 2 heterocycles. The molecule has 0 atom stereocenters. The molecule has 0 aromatic heterocycles. The summed E-state index contributed by atoms with van der Waals surface area (Å²) in [6, 6.07) is 9.27. The summed E-state index contributed by atoms with van der Waals surface area (Å²) in [5, 5.41) is 0. The fourth-order valence-electron chi connectivity index (χ4n) is 4.72. The van der Waals surface area contributed by atoms with Crippen molar-refractivity contribution in [3.63, 3.8) is 0 Å². The summed E-state index contributed by atoms with van der Waals surface area (Å²) in [7, 11) is 0. The number of rotatable bonds is 4. The van der Waals surface area contributed by atoms with Gasteiger partial charge in [-0.2, -0.15) is 0 Å². The molecule has 28 heavy (non-hydrogen) atoms. The molecule has 2 fully saturated rings. The van der Waals surface area contributed by atoms with E-state index in [4.69, 9.17) is 0 Å². The monoisotopic (exact) mass is 385 g/mol. The van der Waals surface area contributed by atoms with E-state index < -0.39 is 0 Å². The Morgan fingerprint density at radius 2 is 1.32 bits per heavy atom. The maximum Gasteiger partial charge on any atom is 0.0367 e. The number of likely N-dealkylation sites (tertiary alicyclic amines) is 1. The summed E-state index contributed by atoms with van der Waals surface area (Å²) < 4.78 is 0. The van der Waals surface area contributed by atoms with Crippen molar-refractivity contribution < 1.29 is 0 Å². The van der Waals surface area contributed by atoms with Gasteiger partial charge in [-0.25, -0.2) is 0 Å². The lowest BCUT2D eigenvalue weighted by Gasteiger charge is -2.40. The quantitative estimate of drug-likeness (QED) is 0.732. The number of hydrogen-bond donors (Lipinski definition) is 0. The molecule has 1 aromatic carbocycles. The molecular formula is C25H43N3. The predicted molar refractivity (Wildman–Crippen MR) is 122 cm³/mol. The molecular weight excluding hydrogens is 342 g/mol. The molecule has 3 rings (SSSR count). The van der Waals surface area contributed by atoms with Crippen molar-refractivity contribution in [1.29, 1.82) is 0 Å². The number of anilines is 1. The van der Waals surface area contributed by atoms with Gasteiger partial charge in [-0.15, -0.1) is 0 Å². The van der Waals surface area contributed by atoms with Crippen LogP contribution in [0.1, 0.15) is 59.9 Å². The highest BCUT2D eigenvalue weighted by Gasteiger charge is 2.26. The minimum atomic E-state index is 0.236. The van der Waals surface area contributed by atoms with Crippen LogP contribution in [-0.4, -0.2) is 62.2 Å². The third-order valence-electron chi connectivity index (χ3n) is 6.39. The maximum absolute atomic E-state index is 2.71. The Bertz CT molecular complexity index is 592. The number of benzene rings is 1. The second-order valence-electron chi connectivity index (χ2n) is 11.4. The first-order valence-electron chi connectivity index (χ1n) is 11.4. The first-order valence-corrected chi connectivity index (χ1v) is 11.4. The van der Waals surface area contributed by atoms with Crippen molar-refractivity contribution in [2.45, 2.75) is 59.8 Å². The highest BCUT2D eigenvalue weighted by atomic mass is 15.3. The molecule has 2 aliphatic rings. The van der Waals surface area contributed by atoms with Crippen LogP contribution >= 0.6 is 0 Å². The lowest BCUT2D eigenvalue weighted by Crippen LogP contribution is -2.49. The van der Waals surface area contributed by atoms with E-state index in [-0.39, 0.29) is 5.41 Å². The van der Waals surface area contributed by atoms with Crippen molar-refractivity contribution in [2.24, 2.45) is 11.3 Å². The van der Waals surface area contributed by atoms with Gasteiger partial charge in [-0.1, -0.05) is 53.7 Å². The van der Waals surface area contributed by atoms with Crippen molar-refractivity contribution in [3.05, 3.63) is 29.8 Å². The SMILES string of the molecule is CC(C)(C)CN1CCC(CN2CCN(c3ccc(C(C)(C)C)cc3)CC2)CC1. The standard InChI is InChI=1S/C25H43N3/c1-24(2,3)20-27-13-11-21(12-14-27)19-26-15-17-28(18-16-26)23-9-7-22(8-10-23)25(4,5)6/h7-10,21H,11-20H2,1-6H3. The summed E-state index contributed by atoms with van der Waals surface area (Å²) in [6.07, 6.45) is 2.76. The van der Waals surface area contributed by atoms with Gasteiger partial charge >= 0.3 is 0 Å². The molecule has 0 amide bonds. The van der Waals surface area contributed by atoms with E-state index in [1.807, 2.05) is 0 Å². The van der Waals surface area contributed by atoms with E-state index >= 15 is 0 Å². The zero-order valence-electron chi connectivity index (χ0n) is 19.3. The molecule has 0 unspecified atom stereocenters. The Balaban J connectivity index is 1.41. The van der Waals surface area contributed by atoms with Crippen LogP contribution in [0.3, 0.4) is 0 Å². The van der Waals surface area contributed by atoms with Crippen LogP contribution in [0.5, 0.6) is 0 Å². The van der Waals surface area contributed by atoms with Crippen LogP contribution in [0.15, 0.2) is 24.3 Å². The molecule has 0 spiro atoms. The fraction of sp³-hybridized carbons (Fsp3) is 0.760. The van der Waals surface area contributed by atoms with Gasteiger partial charge in [0, 0.05) is 45.0 Å². The molecule has 0 aliphatic carbocycles. The summed E-state index contributed by atoms with van der Waals surface area (Å²) >= 11 is 0. The van der Waals surface area contributed by atoms with Crippen LogP contribution < -0.4 is 4.90 Å². The molecule has 0 saturated carbocycles. The summed E-state index contributed by atoms with van der Waals surface area (Å²) in [6.45, 7) is 23.8. The molecule has 2 aliphatic heterocycles. The first-order chi connectivity index (χ1) is 13.1. The van der Waals surface area contributed by atoms with Gasteiger partial charge in [0.05, 0.1) is 0 Å². The van der Waals surface area contributed by atoms with Crippen LogP contribution in [0.2, 0.25) is 0 Å². The highest BCUT2D eigenvalue weighted by Crippen LogP contribution is 2.26. The fourth-order valence-corrected chi connectivity index (χ4v) is 4.72. The third-order valence-corrected chi connectivity index (χ3v) is 6.39. The Morgan fingerprint density at radius 3 is 1.82 bits per heavy atom. The van der Waals surface area contributed by atoms with Crippen LogP contribution in [0, 0.1) is 11.3 Å². The van der Waals surface area contributed by atoms with E-state index in [0.717, 1.165) is 19.0 Å². The maximum atomic E-state index is 2.71. The Hall–Kier alpha value is -1.06. The Labute approximate surface area is 174 Å². The van der Waals surface area contributed by atoms with Crippen molar-refractivity contribution >= 4 is 5.69 Å². The predicted octanol–water partition coefficient (Wildman–Crippen LogP) is 4.86. The molecule has 2 saturated heterocycles. The average Bonchev–Trinajstić information content (AvgIpc) is 2.62. The minimum absolute atomic E-state index is 0.236. The van der Waals surface area contributed by atoms with Crippen molar-refractivity contribution in [2.75, 3.05) is 57.3 Å². The highest BCUT2D eigenvalue weighted by molar-refractivity contribution is 5.49. The number of piperazine rings is 1. The van der Waals surface area contributed by atoms with Gasteiger partial charge in [0.2, 0.25) is 0 Å². The lowest BCUT2D eigenvalue weighted by molar-refractivity contribution is 0.113. The van der Waals surface area contributed by atoms with Gasteiger partial charge in [0.1, 0.15) is 0 Å². The molecule has 1 aromatic rings. The molecule has 158 valence electrons. The van der Waals surface area contributed by atoms with Gasteiger partial charge < -0.3 is 9.80 Å². The van der Waals surface area contributed by atoms with Gasteiger partial charge in [0.15, 0.2) is 0 Å². The van der Waals surface area contributed by atoms with Crippen LogP contribution in [-0.2, 0) is 5.41 Å². The number of nitrogens with zero attached hydrogens (tertiary/aromatic N) is 3. The number of piperidine rings is 1. The zero-order chi connectivity index (χ0) is 20.4. The summed E-state index contributed by atoms with van der Waals surface area (Å²) in [5.41, 5.74) is 3.48. The first kappa shape index (κ1) is 21.6. The Kier molecular flexibility index (Phi) is 6.76. The Morgan fingerprint density at radius 1 is 0.750 bits per heavy atom. The van der Waals surface area contributed by atoms with E-state index in [0.29, 0.717) is 5.41 Å². The third kappa shape index (κ3) is 6.22. The molecule has 0 N–H and O–H groups in total. The van der Waals surface area contributed by atoms with E-state index in [9.17, 15) is 0 Å². The largest absolute Gasteiger partial charge is 0.369 e. The second kappa shape index (κ2) is 8.75. The minimum Gasteiger partial charge on any atom is -0.369 e. The molecule has 3 heteroatoms. The van der Waals surface area contributed by atoms with Gasteiger partial charge in [-0.3, -0.25) is 4.90 Å². The lowest BCUT2D eigenvalue weighted by atomic mass is 9.87. The van der Waals surface area contributed by atoms with E-state index in [1.54, 1.807) is 0 Å². The van der Waals surface area contributed by atoms with Gasteiger partial charge in [-0.05, 0) is 60.4 Å². The molecule has 3 nitrogen and oxygen atoms in total. The van der Waals surface area contributed by atoms with Crippen molar-refractivity contribution in [1.82, 2.24) is 9.80 Å². The van der Waals surface area contributed by atoms with E-state index in [1.165, 1.54) is 63.4 Å². The smallest absolute Gasteiger partial charge is 0.0367 e. The topological polar surface area (TPSA) is 9.72 Å². The summed E-state index contributed by atoms with van der Waals surface area (Å²) in [5.74, 6) is 0.897.